The fourth-order valence-electron chi connectivity index (χ4n) is 3.87. The Balaban J connectivity index is 1.74. The number of rotatable bonds is 3. The Hall–Kier alpha value is -2.21. The van der Waals surface area contributed by atoms with Crippen LogP contribution in [0.4, 0.5) is 0 Å². The maximum absolute atomic E-state index is 13.1. The van der Waals surface area contributed by atoms with E-state index in [1.54, 1.807) is 0 Å². The van der Waals surface area contributed by atoms with Crippen molar-refractivity contribution in [2.75, 3.05) is 13.1 Å². The molecule has 1 saturated heterocycles. The van der Waals surface area contributed by atoms with Gasteiger partial charge in [-0.3, -0.25) is 4.79 Å². The van der Waals surface area contributed by atoms with Crippen LogP contribution in [0.3, 0.4) is 0 Å². The number of aryl methyl sites for hydroxylation is 1. The molecular formula is C21H26N4OS. The molecule has 27 heavy (non-hydrogen) atoms. The van der Waals surface area contributed by atoms with Crippen LogP contribution >= 0.6 is 11.3 Å². The first-order chi connectivity index (χ1) is 13.0. The van der Waals surface area contributed by atoms with Crippen LogP contribution in [0.2, 0.25) is 0 Å². The second kappa shape index (κ2) is 7.08. The Labute approximate surface area is 164 Å². The first kappa shape index (κ1) is 18.2. The lowest BCUT2D eigenvalue weighted by Crippen LogP contribution is -2.39. The summed E-state index contributed by atoms with van der Waals surface area (Å²) >= 11 is 1.51. The van der Waals surface area contributed by atoms with Gasteiger partial charge in [-0.1, -0.05) is 6.92 Å². The van der Waals surface area contributed by atoms with E-state index in [0.29, 0.717) is 12.0 Å². The highest BCUT2D eigenvalue weighted by molar-refractivity contribution is 7.17. The molecule has 0 aliphatic carbocycles. The summed E-state index contributed by atoms with van der Waals surface area (Å²) in [6.45, 7) is 10.2. The molecular weight excluding hydrogens is 356 g/mol. The molecule has 0 bridgehead atoms. The molecule has 0 saturated carbocycles. The zero-order valence-corrected chi connectivity index (χ0v) is 17.2. The number of hydrogen-bond donors (Lipinski definition) is 0. The molecule has 4 heterocycles. The topological polar surface area (TPSA) is 51.0 Å². The van der Waals surface area contributed by atoms with Crippen LogP contribution in [0.25, 0.3) is 21.6 Å². The Morgan fingerprint density at radius 1 is 1.37 bits per heavy atom. The van der Waals surface area contributed by atoms with Crippen molar-refractivity contribution < 1.29 is 4.79 Å². The molecule has 4 rings (SSSR count). The van der Waals surface area contributed by atoms with Crippen LogP contribution in [0.15, 0.2) is 24.5 Å². The van der Waals surface area contributed by atoms with Crippen molar-refractivity contribution >= 4 is 28.3 Å². The van der Waals surface area contributed by atoms with Crippen LogP contribution in [-0.2, 0) is 0 Å². The number of hydrogen-bond acceptors (Lipinski definition) is 4. The van der Waals surface area contributed by atoms with E-state index in [0.717, 1.165) is 51.7 Å². The molecule has 0 radical (unpaired) electrons. The fourth-order valence-corrected chi connectivity index (χ4v) is 4.93. The highest BCUT2D eigenvalue weighted by Gasteiger charge is 2.26. The van der Waals surface area contributed by atoms with Crippen molar-refractivity contribution in [1.82, 2.24) is 19.4 Å². The van der Waals surface area contributed by atoms with Gasteiger partial charge in [0.05, 0.1) is 5.69 Å². The molecule has 1 aliphatic rings. The number of carbonyl (C=O) groups excluding carboxylic acids is 1. The van der Waals surface area contributed by atoms with E-state index in [9.17, 15) is 4.79 Å². The number of pyridine rings is 1. The molecule has 0 aromatic carbocycles. The van der Waals surface area contributed by atoms with Crippen molar-refractivity contribution in [2.45, 2.75) is 46.6 Å². The molecule has 1 fully saturated rings. The third kappa shape index (κ3) is 3.27. The fraction of sp³-hybridized carbons (Fsp3) is 0.476. The van der Waals surface area contributed by atoms with Crippen molar-refractivity contribution in [3.05, 3.63) is 35.1 Å². The Morgan fingerprint density at radius 2 is 2.19 bits per heavy atom. The summed E-state index contributed by atoms with van der Waals surface area (Å²) in [4.78, 5) is 25.2. The average Bonchev–Trinajstić information content (AvgIpc) is 3.22. The maximum atomic E-state index is 13.1. The van der Waals surface area contributed by atoms with Gasteiger partial charge >= 0.3 is 0 Å². The van der Waals surface area contributed by atoms with Crippen LogP contribution in [0.1, 0.15) is 55.0 Å². The Kier molecular flexibility index (Phi) is 4.76. The Bertz CT molecular complexity index is 987. The molecule has 1 amide bonds. The first-order valence-corrected chi connectivity index (χ1v) is 10.5. The van der Waals surface area contributed by atoms with Gasteiger partial charge < -0.3 is 9.47 Å². The lowest BCUT2D eigenvalue weighted by atomic mass is 10.0. The number of aromatic nitrogens is 3. The minimum Gasteiger partial charge on any atom is -0.338 e. The summed E-state index contributed by atoms with van der Waals surface area (Å²) in [5.74, 6) is 0.707. The third-order valence-corrected chi connectivity index (χ3v) is 6.49. The largest absolute Gasteiger partial charge is 0.338 e. The minimum atomic E-state index is 0.133. The first-order valence-electron chi connectivity index (χ1n) is 9.68. The maximum Gasteiger partial charge on any atom is 0.265 e. The highest BCUT2D eigenvalue weighted by atomic mass is 32.1. The normalized spacial score (nSPS) is 17.8. The number of likely N-dealkylation sites (tertiary alicyclic amines) is 1. The van der Waals surface area contributed by atoms with Crippen molar-refractivity contribution in [3.8, 4) is 10.6 Å². The van der Waals surface area contributed by atoms with E-state index < -0.39 is 0 Å². The zero-order valence-electron chi connectivity index (χ0n) is 16.4. The number of piperidine rings is 1. The summed E-state index contributed by atoms with van der Waals surface area (Å²) in [7, 11) is 0. The van der Waals surface area contributed by atoms with Crippen LogP contribution in [0.5, 0.6) is 0 Å². The van der Waals surface area contributed by atoms with Gasteiger partial charge in [0.1, 0.15) is 15.5 Å². The van der Waals surface area contributed by atoms with Crippen molar-refractivity contribution in [3.63, 3.8) is 0 Å². The predicted octanol–water partition coefficient (Wildman–Crippen LogP) is 4.92. The van der Waals surface area contributed by atoms with Gasteiger partial charge in [0.15, 0.2) is 0 Å². The van der Waals surface area contributed by atoms with Gasteiger partial charge in [-0.2, -0.15) is 0 Å². The van der Waals surface area contributed by atoms with E-state index in [1.807, 2.05) is 24.1 Å². The summed E-state index contributed by atoms with van der Waals surface area (Å²) in [5.41, 5.74) is 2.85. The predicted molar refractivity (Wildman–Crippen MR) is 110 cm³/mol. The smallest absolute Gasteiger partial charge is 0.265 e. The summed E-state index contributed by atoms with van der Waals surface area (Å²) < 4.78 is 2.18. The number of thiazole rings is 1. The van der Waals surface area contributed by atoms with Gasteiger partial charge in [0.25, 0.3) is 5.91 Å². The second-order valence-corrected chi connectivity index (χ2v) is 8.85. The second-order valence-electron chi connectivity index (χ2n) is 7.85. The molecule has 0 N–H and O–H groups in total. The summed E-state index contributed by atoms with van der Waals surface area (Å²) in [6, 6.07) is 4.35. The molecule has 142 valence electrons. The number of carbonyl (C=O) groups is 1. The number of nitrogens with zero attached hydrogens (tertiary/aromatic N) is 4. The molecule has 5 nitrogen and oxygen atoms in total. The molecule has 1 aliphatic heterocycles. The lowest BCUT2D eigenvalue weighted by molar-refractivity contribution is 0.0687. The molecule has 1 atom stereocenters. The van der Waals surface area contributed by atoms with Crippen LogP contribution in [-0.4, -0.2) is 38.4 Å². The molecule has 3 aromatic heterocycles. The Morgan fingerprint density at radius 3 is 2.93 bits per heavy atom. The van der Waals surface area contributed by atoms with Crippen LogP contribution in [0, 0.1) is 12.8 Å². The van der Waals surface area contributed by atoms with Crippen LogP contribution < -0.4 is 0 Å². The number of amides is 1. The SMILES string of the molecule is Cc1nc(-c2cn(C(C)C)c3ncccc23)sc1C(=O)N1CCCC(C)C1. The summed E-state index contributed by atoms with van der Waals surface area (Å²) in [6.07, 6.45) is 6.24. The monoisotopic (exact) mass is 382 g/mol. The molecule has 6 heteroatoms. The van der Waals surface area contributed by atoms with E-state index >= 15 is 0 Å². The minimum absolute atomic E-state index is 0.133. The van der Waals surface area contributed by atoms with Gasteiger partial charge in [0, 0.05) is 42.5 Å². The van der Waals surface area contributed by atoms with Crippen molar-refractivity contribution in [1.29, 1.82) is 0 Å². The standard InChI is InChI=1S/C21H26N4OS/c1-13(2)25-12-17(16-8-5-9-22-19(16)25)20-23-15(4)18(27-20)21(26)24-10-6-7-14(3)11-24/h5,8-9,12-14H,6-7,10-11H2,1-4H3. The van der Waals surface area contributed by atoms with Gasteiger partial charge in [-0.05, 0) is 51.7 Å². The quantitative estimate of drug-likeness (QED) is 0.646. The summed E-state index contributed by atoms with van der Waals surface area (Å²) in [5, 5.41) is 1.99. The van der Waals surface area contributed by atoms with Gasteiger partial charge in [-0.25, -0.2) is 9.97 Å². The lowest BCUT2D eigenvalue weighted by Gasteiger charge is -2.30. The highest BCUT2D eigenvalue weighted by Crippen LogP contribution is 2.36. The molecule has 0 spiro atoms. The van der Waals surface area contributed by atoms with Gasteiger partial charge in [0.2, 0.25) is 0 Å². The molecule has 1 unspecified atom stereocenters. The number of fused-ring (bicyclic) bond motifs is 1. The van der Waals surface area contributed by atoms with E-state index in [4.69, 9.17) is 4.98 Å². The van der Waals surface area contributed by atoms with E-state index in [1.165, 1.54) is 17.8 Å². The van der Waals surface area contributed by atoms with Crippen molar-refractivity contribution in [2.24, 2.45) is 5.92 Å². The zero-order chi connectivity index (χ0) is 19.1. The average molecular weight is 383 g/mol. The van der Waals surface area contributed by atoms with E-state index in [-0.39, 0.29) is 5.91 Å². The third-order valence-electron chi connectivity index (χ3n) is 5.31. The van der Waals surface area contributed by atoms with E-state index in [2.05, 4.69) is 42.6 Å². The molecule has 3 aromatic rings. The van der Waals surface area contributed by atoms with Gasteiger partial charge in [-0.15, -0.1) is 11.3 Å².